The zero-order valence-corrected chi connectivity index (χ0v) is 12.7. The minimum Gasteiger partial charge on any atom is -0.352 e. The lowest BCUT2D eigenvalue weighted by Gasteiger charge is -2.22. The van der Waals surface area contributed by atoms with Crippen molar-refractivity contribution in [2.75, 3.05) is 0 Å². The lowest BCUT2D eigenvalue weighted by atomic mass is 10.0. The van der Waals surface area contributed by atoms with Crippen LogP contribution in [-0.4, -0.2) is 18.0 Å². The molecule has 1 amide bonds. The van der Waals surface area contributed by atoms with Crippen LogP contribution in [-0.2, 0) is 4.79 Å². The first-order valence-corrected chi connectivity index (χ1v) is 7.07. The van der Waals surface area contributed by atoms with E-state index in [1.807, 2.05) is 26.0 Å². The Kier molecular flexibility index (Phi) is 6.03. The molecule has 0 spiro atoms. The number of hydrogen-bond donors (Lipinski definition) is 2. The Morgan fingerprint density at radius 2 is 1.84 bits per heavy atom. The van der Waals surface area contributed by atoms with Gasteiger partial charge in [0.15, 0.2) is 0 Å². The van der Waals surface area contributed by atoms with Gasteiger partial charge in [0.1, 0.15) is 0 Å². The van der Waals surface area contributed by atoms with Crippen LogP contribution in [0.3, 0.4) is 0 Å². The highest BCUT2D eigenvalue weighted by Crippen LogP contribution is 2.17. The van der Waals surface area contributed by atoms with E-state index < -0.39 is 0 Å². The quantitative estimate of drug-likeness (QED) is 0.827. The average molecular weight is 262 g/mol. The second kappa shape index (κ2) is 7.29. The summed E-state index contributed by atoms with van der Waals surface area (Å²) in [5, 5.41) is 6.35. The number of hydrogen-bond acceptors (Lipinski definition) is 2. The Labute approximate surface area is 116 Å². The van der Waals surface area contributed by atoms with Gasteiger partial charge >= 0.3 is 0 Å². The van der Waals surface area contributed by atoms with Gasteiger partial charge in [0, 0.05) is 12.1 Å². The number of carbonyl (C=O) groups is 1. The fourth-order valence-electron chi connectivity index (χ4n) is 2.08. The van der Waals surface area contributed by atoms with Gasteiger partial charge in [0.05, 0.1) is 6.04 Å². The Morgan fingerprint density at radius 3 is 2.42 bits per heavy atom. The van der Waals surface area contributed by atoms with Crippen LogP contribution < -0.4 is 10.6 Å². The molecule has 3 heteroatoms. The molecule has 0 saturated heterocycles. The molecular weight excluding hydrogens is 236 g/mol. The summed E-state index contributed by atoms with van der Waals surface area (Å²) in [5.41, 5.74) is 2.49. The number of amides is 1. The first-order valence-electron chi connectivity index (χ1n) is 7.07. The van der Waals surface area contributed by atoms with Crippen molar-refractivity contribution in [3.8, 4) is 0 Å². The van der Waals surface area contributed by atoms with Crippen LogP contribution in [0.4, 0.5) is 0 Å². The number of benzene rings is 1. The maximum Gasteiger partial charge on any atom is 0.237 e. The SMILES string of the molecule is CCC(C)NC(=O)C(C)N[C@H](C)c1ccccc1C. The van der Waals surface area contributed by atoms with Crippen LogP contribution in [0.15, 0.2) is 24.3 Å². The van der Waals surface area contributed by atoms with Crippen molar-refractivity contribution >= 4 is 5.91 Å². The number of rotatable bonds is 6. The van der Waals surface area contributed by atoms with Gasteiger partial charge in [-0.1, -0.05) is 31.2 Å². The molecule has 19 heavy (non-hydrogen) atoms. The second-order valence-corrected chi connectivity index (χ2v) is 5.28. The summed E-state index contributed by atoms with van der Waals surface area (Å²) in [7, 11) is 0. The van der Waals surface area contributed by atoms with Gasteiger partial charge in [0.25, 0.3) is 0 Å². The third-order valence-corrected chi connectivity index (χ3v) is 3.55. The van der Waals surface area contributed by atoms with Gasteiger partial charge in [0.2, 0.25) is 5.91 Å². The molecular formula is C16H26N2O. The monoisotopic (exact) mass is 262 g/mol. The van der Waals surface area contributed by atoms with Gasteiger partial charge < -0.3 is 5.32 Å². The Bertz CT molecular complexity index is 417. The van der Waals surface area contributed by atoms with E-state index in [4.69, 9.17) is 0 Å². The second-order valence-electron chi connectivity index (χ2n) is 5.28. The van der Waals surface area contributed by atoms with Crippen LogP contribution in [0.5, 0.6) is 0 Å². The molecule has 0 aliphatic rings. The Balaban J connectivity index is 2.59. The molecule has 0 radical (unpaired) electrons. The summed E-state index contributed by atoms with van der Waals surface area (Å²) in [6.07, 6.45) is 0.950. The standard InChI is InChI=1S/C16H26N2O/c1-6-12(3)17-16(19)14(5)18-13(4)15-10-8-7-9-11(15)2/h7-10,12-14,18H,6H2,1-5H3,(H,17,19)/t12?,13-,14?/m1/s1. The molecule has 3 nitrogen and oxygen atoms in total. The van der Waals surface area contributed by atoms with Gasteiger partial charge in [-0.3, -0.25) is 10.1 Å². The van der Waals surface area contributed by atoms with E-state index in [-0.39, 0.29) is 24.0 Å². The van der Waals surface area contributed by atoms with Crippen molar-refractivity contribution in [3.63, 3.8) is 0 Å². The van der Waals surface area contributed by atoms with Crippen LogP contribution in [0, 0.1) is 6.92 Å². The molecule has 0 aliphatic carbocycles. The first kappa shape index (κ1) is 15.7. The summed E-state index contributed by atoms with van der Waals surface area (Å²) in [4.78, 5) is 12.0. The molecule has 2 N–H and O–H groups in total. The highest BCUT2D eigenvalue weighted by molar-refractivity contribution is 5.81. The van der Waals surface area contributed by atoms with Gasteiger partial charge in [-0.15, -0.1) is 0 Å². The van der Waals surface area contributed by atoms with Crippen LogP contribution in [0.2, 0.25) is 0 Å². The highest BCUT2D eigenvalue weighted by Gasteiger charge is 2.17. The minimum atomic E-state index is -0.191. The normalized spacial score (nSPS) is 15.6. The average Bonchev–Trinajstić information content (AvgIpc) is 2.38. The zero-order chi connectivity index (χ0) is 14.4. The third-order valence-electron chi connectivity index (χ3n) is 3.55. The van der Waals surface area contributed by atoms with Crippen molar-refractivity contribution in [3.05, 3.63) is 35.4 Å². The number of carbonyl (C=O) groups excluding carboxylic acids is 1. The fourth-order valence-corrected chi connectivity index (χ4v) is 2.08. The first-order chi connectivity index (χ1) is 8.95. The zero-order valence-electron chi connectivity index (χ0n) is 12.7. The van der Waals surface area contributed by atoms with E-state index in [9.17, 15) is 4.79 Å². The minimum absolute atomic E-state index is 0.0646. The highest BCUT2D eigenvalue weighted by atomic mass is 16.2. The molecule has 0 heterocycles. The van der Waals surface area contributed by atoms with Gasteiger partial charge in [-0.05, 0) is 45.2 Å². The summed E-state index contributed by atoms with van der Waals surface area (Å²) in [5.74, 6) is 0.0646. The van der Waals surface area contributed by atoms with Gasteiger partial charge in [-0.2, -0.15) is 0 Å². The summed E-state index contributed by atoms with van der Waals surface area (Å²) in [6.45, 7) is 10.2. The number of nitrogens with one attached hydrogen (secondary N) is 2. The molecule has 1 rings (SSSR count). The molecule has 2 unspecified atom stereocenters. The van der Waals surface area contributed by atoms with E-state index >= 15 is 0 Å². The van der Waals surface area contributed by atoms with Crippen molar-refractivity contribution in [2.45, 2.75) is 59.2 Å². The molecule has 0 fully saturated rings. The third kappa shape index (κ3) is 4.67. The Hall–Kier alpha value is -1.35. The van der Waals surface area contributed by atoms with E-state index in [1.165, 1.54) is 11.1 Å². The maximum absolute atomic E-state index is 12.0. The van der Waals surface area contributed by atoms with Crippen molar-refractivity contribution in [1.82, 2.24) is 10.6 Å². The van der Waals surface area contributed by atoms with Crippen LogP contribution >= 0.6 is 0 Å². The predicted octanol–water partition coefficient (Wildman–Crippen LogP) is 2.95. The molecule has 0 bridgehead atoms. The lowest BCUT2D eigenvalue weighted by Crippen LogP contribution is -2.46. The van der Waals surface area contributed by atoms with Crippen molar-refractivity contribution in [2.24, 2.45) is 0 Å². The van der Waals surface area contributed by atoms with E-state index in [0.29, 0.717) is 0 Å². The van der Waals surface area contributed by atoms with E-state index in [2.05, 4.69) is 43.5 Å². The summed E-state index contributed by atoms with van der Waals surface area (Å²) >= 11 is 0. The molecule has 1 aromatic carbocycles. The molecule has 0 aromatic heterocycles. The maximum atomic E-state index is 12.0. The molecule has 0 aliphatic heterocycles. The van der Waals surface area contributed by atoms with Crippen LogP contribution in [0.25, 0.3) is 0 Å². The molecule has 106 valence electrons. The van der Waals surface area contributed by atoms with Crippen molar-refractivity contribution in [1.29, 1.82) is 0 Å². The summed E-state index contributed by atoms with van der Waals surface area (Å²) < 4.78 is 0. The van der Waals surface area contributed by atoms with Gasteiger partial charge in [-0.25, -0.2) is 0 Å². The largest absolute Gasteiger partial charge is 0.352 e. The van der Waals surface area contributed by atoms with Crippen molar-refractivity contribution < 1.29 is 4.79 Å². The Morgan fingerprint density at radius 1 is 1.21 bits per heavy atom. The smallest absolute Gasteiger partial charge is 0.237 e. The van der Waals surface area contributed by atoms with Crippen LogP contribution in [0.1, 0.15) is 51.3 Å². The topological polar surface area (TPSA) is 41.1 Å². The van der Waals surface area contributed by atoms with E-state index in [1.54, 1.807) is 0 Å². The predicted molar refractivity (Wildman–Crippen MR) is 80.1 cm³/mol. The lowest BCUT2D eigenvalue weighted by molar-refractivity contribution is -0.123. The fraction of sp³-hybridized carbons (Fsp3) is 0.562. The molecule has 3 atom stereocenters. The number of aryl methyl sites for hydroxylation is 1. The molecule has 1 aromatic rings. The summed E-state index contributed by atoms with van der Waals surface area (Å²) in [6, 6.07) is 8.46. The molecule has 0 saturated carbocycles. The van der Waals surface area contributed by atoms with E-state index in [0.717, 1.165) is 6.42 Å².